The molecule has 0 aromatic carbocycles. The van der Waals surface area contributed by atoms with E-state index >= 15 is 0 Å². The molecular weight excluding hydrogens is 376 g/mol. The first kappa shape index (κ1) is 21.8. The van der Waals surface area contributed by atoms with E-state index in [9.17, 15) is 14.4 Å². The van der Waals surface area contributed by atoms with Crippen LogP contribution in [0.15, 0.2) is 0 Å². The molecule has 9 heteroatoms. The van der Waals surface area contributed by atoms with Gasteiger partial charge in [0.05, 0.1) is 0 Å². The second-order valence-corrected chi connectivity index (χ2v) is 8.68. The summed E-state index contributed by atoms with van der Waals surface area (Å²) >= 11 is 0. The average molecular weight is 411 g/mol. The summed E-state index contributed by atoms with van der Waals surface area (Å²) in [5.41, 5.74) is 5.24. The van der Waals surface area contributed by atoms with Gasteiger partial charge in [0.15, 0.2) is 0 Å². The van der Waals surface area contributed by atoms with Crippen molar-refractivity contribution in [2.75, 3.05) is 33.3 Å². The van der Waals surface area contributed by atoms with E-state index in [1.165, 1.54) is 31.2 Å². The van der Waals surface area contributed by atoms with E-state index in [-0.39, 0.29) is 5.41 Å². The molecule has 1 saturated carbocycles. The zero-order chi connectivity index (χ0) is 21.0. The normalized spacial score (nSPS) is 29.2. The Morgan fingerprint density at radius 3 is 2.59 bits per heavy atom. The Bertz CT molecular complexity index is 616. The fourth-order valence-corrected chi connectivity index (χ4v) is 4.90. The molecule has 2 aliphatic heterocycles. The Kier molecular flexibility index (Phi) is 7.00. The number of ether oxygens (including phenoxy) is 2. The molecule has 0 aromatic heterocycles. The quantitative estimate of drug-likeness (QED) is 0.557. The van der Waals surface area contributed by atoms with Crippen LogP contribution in [0.4, 0.5) is 4.79 Å². The molecule has 0 bridgehead atoms. The first-order valence-corrected chi connectivity index (χ1v) is 10.7. The monoisotopic (exact) mass is 410 g/mol. The third kappa shape index (κ3) is 4.66. The summed E-state index contributed by atoms with van der Waals surface area (Å²) < 4.78 is 11.4. The number of nitrogens with zero attached hydrogens (tertiary/aromatic N) is 1. The van der Waals surface area contributed by atoms with Crippen molar-refractivity contribution in [1.29, 1.82) is 0 Å². The van der Waals surface area contributed by atoms with Gasteiger partial charge in [0, 0.05) is 32.2 Å². The molecule has 4 N–H and O–H groups in total. The standard InChI is InChI=1S/C20H34N4O5/c1-13(28-10-14-6-4-3-5-7-14)15(18(26)22-2)29-19(27)24-12-20(8-9-23-11-20)16(24)17(21)25/h13-16,23H,3-12H2,1-2H3,(H2,21,25)(H,22,26). The molecule has 2 heterocycles. The highest BCUT2D eigenvalue weighted by Crippen LogP contribution is 2.43. The summed E-state index contributed by atoms with van der Waals surface area (Å²) in [6, 6.07) is -0.714. The fraction of sp³-hybridized carbons (Fsp3) is 0.850. The van der Waals surface area contributed by atoms with Gasteiger partial charge in [-0.1, -0.05) is 19.3 Å². The number of nitrogens with two attached hydrogens (primary N) is 1. The summed E-state index contributed by atoms with van der Waals surface area (Å²) in [6.07, 6.45) is 4.34. The lowest BCUT2D eigenvalue weighted by molar-refractivity contribution is -0.147. The number of likely N-dealkylation sites (N-methyl/N-ethyl adjacent to an activating group) is 1. The predicted octanol–water partition coefficient (Wildman–Crippen LogP) is 0.372. The van der Waals surface area contributed by atoms with Gasteiger partial charge in [0.25, 0.3) is 5.91 Å². The molecule has 164 valence electrons. The number of nitrogens with one attached hydrogen (secondary N) is 2. The third-order valence-electron chi connectivity index (χ3n) is 6.64. The van der Waals surface area contributed by atoms with Crippen LogP contribution in [-0.4, -0.2) is 74.3 Å². The second-order valence-electron chi connectivity index (χ2n) is 8.68. The van der Waals surface area contributed by atoms with Crippen LogP contribution in [0.25, 0.3) is 0 Å². The molecule has 4 atom stereocenters. The minimum Gasteiger partial charge on any atom is -0.433 e. The first-order valence-electron chi connectivity index (χ1n) is 10.7. The Morgan fingerprint density at radius 2 is 2.00 bits per heavy atom. The minimum absolute atomic E-state index is 0.323. The number of hydrogen-bond acceptors (Lipinski definition) is 6. The largest absolute Gasteiger partial charge is 0.433 e. The zero-order valence-electron chi connectivity index (χ0n) is 17.4. The van der Waals surface area contributed by atoms with Crippen molar-refractivity contribution in [2.45, 2.75) is 63.7 Å². The van der Waals surface area contributed by atoms with Gasteiger partial charge in [0.2, 0.25) is 12.0 Å². The van der Waals surface area contributed by atoms with E-state index in [1.807, 2.05) is 0 Å². The van der Waals surface area contributed by atoms with Gasteiger partial charge in [-0.05, 0) is 38.6 Å². The van der Waals surface area contributed by atoms with Gasteiger partial charge in [-0.2, -0.15) is 0 Å². The van der Waals surface area contributed by atoms with E-state index in [1.54, 1.807) is 6.92 Å². The molecule has 0 radical (unpaired) electrons. The Labute approximate surface area is 172 Å². The Hall–Kier alpha value is -1.87. The van der Waals surface area contributed by atoms with E-state index < -0.39 is 36.2 Å². The van der Waals surface area contributed by atoms with Crippen molar-refractivity contribution in [3.8, 4) is 0 Å². The van der Waals surface area contributed by atoms with Crippen LogP contribution >= 0.6 is 0 Å². The van der Waals surface area contributed by atoms with Crippen molar-refractivity contribution in [3.63, 3.8) is 0 Å². The van der Waals surface area contributed by atoms with E-state index in [0.717, 1.165) is 25.8 Å². The van der Waals surface area contributed by atoms with Crippen LogP contribution < -0.4 is 16.4 Å². The van der Waals surface area contributed by atoms with Gasteiger partial charge < -0.3 is 25.8 Å². The number of primary amides is 1. The third-order valence-corrected chi connectivity index (χ3v) is 6.64. The number of carbonyl (C=O) groups excluding carboxylic acids is 3. The summed E-state index contributed by atoms with van der Waals surface area (Å²) in [6.45, 7) is 4.11. The number of carbonyl (C=O) groups is 3. The SMILES string of the molecule is CNC(=O)C(OC(=O)N1CC2(CCNC2)C1C(N)=O)C(C)OCC1CCCCC1. The van der Waals surface area contributed by atoms with Gasteiger partial charge in [-0.15, -0.1) is 0 Å². The van der Waals surface area contributed by atoms with Crippen molar-refractivity contribution in [1.82, 2.24) is 15.5 Å². The summed E-state index contributed by atoms with van der Waals surface area (Å²) in [4.78, 5) is 38.4. The molecule has 3 fully saturated rings. The minimum atomic E-state index is -1.08. The summed E-state index contributed by atoms with van der Waals surface area (Å²) in [7, 11) is 1.49. The van der Waals surface area contributed by atoms with Crippen LogP contribution in [0.2, 0.25) is 0 Å². The maximum absolute atomic E-state index is 12.8. The highest BCUT2D eigenvalue weighted by atomic mass is 16.6. The van der Waals surface area contributed by atoms with Gasteiger partial charge in [0.1, 0.15) is 12.1 Å². The van der Waals surface area contributed by atoms with Crippen LogP contribution in [-0.2, 0) is 19.1 Å². The lowest BCUT2D eigenvalue weighted by Crippen LogP contribution is -2.71. The molecule has 29 heavy (non-hydrogen) atoms. The average Bonchev–Trinajstić information content (AvgIpc) is 3.19. The first-order chi connectivity index (χ1) is 13.9. The lowest BCUT2D eigenvalue weighted by Gasteiger charge is -2.53. The molecule has 2 saturated heterocycles. The van der Waals surface area contributed by atoms with Crippen LogP contribution in [0.3, 0.4) is 0 Å². The van der Waals surface area contributed by atoms with Crippen molar-refractivity contribution >= 4 is 17.9 Å². The molecule has 3 aliphatic rings. The molecule has 4 unspecified atom stereocenters. The Morgan fingerprint density at radius 1 is 1.28 bits per heavy atom. The van der Waals surface area contributed by atoms with Crippen LogP contribution in [0.5, 0.6) is 0 Å². The van der Waals surface area contributed by atoms with Crippen molar-refractivity contribution < 1.29 is 23.9 Å². The van der Waals surface area contributed by atoms with Gasteiger partial charge in [-0.25, -0.2) is 4.79 Å². The number of hydrogen-bond donors (Lipinski definition) is 3. The molecule has 0 aromatic rings. The van der Waals surface area contributed by atoms with Crippen LogP contribution in [0, 0.1) is 11.3 Å². The van der Waals surface area contributed by atoms with Crippen LogP contribution in [0.1, 0.15) is 45.4 Å². The van der Waals surface area contributed by atoms with Crippen molar-refractivity contribution in [2.24, 2.45) is 17.1 Å². The second kappa shape index (κ2) is 9.30. The van der Waals surface area contributed by atoms with Gasteiger partial charge >= 0.3 is 6.09 Å². The van der Waals surface area contributed by atoms with E-state index in [0.29, 0.717) is 25.6 Å². The maximum Gasteiger partial charge on any atom is 0.411 e. The highest BCUT2D eigenvalue weighted by molar-refractivity contribution is 5.89. The topological polar surface area (TPSA) is 123 Å². The fourth-order valence-electron chi connectivity index (χ4n) is 4.90. The van der Waals surface area contributed by atoms with Crippen molar-refractivity contribution in [3.05, 3.63) is 0 Å². The molecule has 1 spiro atoms. The Balaban J connectivity index is 1.59. The molecule has 9 nitrogen and oxygen atoms in total. The number of rotatable bonds is 7. The summed E-state index contributed by atoms with van der Waals surface area (Å²) in [5.74, 6) is -0.491. The maximum atomic E-state index is 12.8. The van der Waals surface area contributed by atoms with E-state index in [2.05, 4.69) is 10.6 Å². The van der Waals surface area contributed by atoms with E-state index in [4.69, 9.17) is 15.2 Å². The highest BCUT2D eigenvalue weighted by Gasteiger charge is 2.59. The molecule has 1 aliphatic carbocycles. The molecule has 3 rings (SSSR count). The number of amides is 3. The lowest BCUT2D eigenvalue weighted by atomic mass is 9.70. The zero-order valence-corrected chi connectivity index (χ0v) is 17.4. The number of likely N-dealkylation sites (tertiary alicyclic amines) is 1. The molecular formula is C20H34N4O5. The summed E-state index contributed by atoms with van der Waals surface area (Å²) in [5, 5.41) is 5.75. The predicted molar refractivity (Wildman–Crippen MR) is 106 cm³/mol. The van der Waals surface area contributed by atoms with Gasteiger partial charge in [-0.3, -0.25) is 14.5 Å². The smallest absolute Gasteiger partial charge is 0.411 e. The molecule has 3 amide bonds.